The fourth-order valence-corrected chi connectivity index (χ4v) is 6.24. The van der Waals surface area contributed by atoms with E-state index in [0.717, 1.165) is 29.8 Å². The smallest absolute Gasteiger partial charge is 0.315 e. The molecule has 0 radical (unpaired) electrons. The van der Waals surface area contributed by atoms with Crippen molar-refractivity contribution in [2.75, 3.05) is 26.4 Å². The molecule has 5 N–H and O–H groups in total. The van der Waals surface area contributed by atoms with E-state index in [-0.39, 0.29) is 36.8 Å². The lowest BCUT2D eigenvalue weighted by Gasteiger charge is -2.37. The van der Waals surface area contributed by atoms with Gasteiger partial charge in [0.25, 0.3) is 5.91 Å². The number of amides is 5. The number of rotatable bonds is 14. The lowest BCUT2D eigenvalue weighted by molar-refractivity contribution is -0.144. The molecule has 2 fully saturated rings. The van der Waals surface area contributed by atoms with E-state index in [1.807, 2.05) is 27.7 Å². The summed E-state index contributed by atoms with van der Waals surface area (Å²) in [5, 5.41) is 8.37. The van der Waals surface area contributed by atoms with Crippen LogP contribution < -0.4 is 21.7 Å². The summed E-state index contributed by atoms with van der Waals surface area (Å²) in [6.45, 7) is 13.4. The van der Waals surface area contributed by atoms with Gasteiger partial charge in [0, 0.05) is 26.2 Å². The maximum atomic E-state index is 14.2. The molecule has 44 heavy (non-hydrogen) atoms. The molecule has 0 bridgehead atoms. The number of nitrogens with zero attached hydrogens (tertiary/aromatic N) is 2. The Morgan fingerprint density at radius 1 is 0.977 bits per heavy atom. The van der Waals surface area contributed by atoms with Crippen molar-refractivity contribution in [3.63, 3.8) is 0 Å². The molecule has 2 rings (SSSR count). The Morgan fingerprint density at radius 2 is 1.57 bits per heavy atom. The number of likely N-dealkylation sites (N-methyl/N-ethyl adjacent to an activating group) is 1. The highest BCUT2D eigenvalue weighted by molar-refractivity contribution is 7.88. The van der Waals surface area contributed by atoms with Gasteiger partial charge in [-0.3, -0.25) is 19.2 Å². The van der Waals surface area contributed by atoms with Crippen LogP contribution in [0.5, 0.6) is 0 Å². The number of sulfonamides is 1. The second kappa shape index (κ2) is 15.0. The van der Waals surface area contributed by atoms with Crippen molar-refractivity contribution < 1.29 is 32.4 Å². The topological polar surface area (TPSA) is 188 Å². The summed E-state index contributed by atoms with van der Waals surface area (Å²) in [6, 6.07) is -4.16. The molecule has 0 aromatic rings. The minimum absolute atomic E-state index is 0.0310. The van der Waals surface area contributed by atoms with Crippen LogP contribution in [-0.4, -0.2) is 97.7 Å². The van der Waals surface area contributed by atoms with E-state index < -0.39 is 69.1 Å². The molecule has 2 aliphatic rings. The van der Waals surface area contributed by atoms with Crippen LogP contribution >= 0.6 is 0 Å². The van der Waals surface area contributed by atoms with Crippen molar-refractivity contribution in [1.29, 1.82) is 0 Å². The van der Waals surface area contributed by atoms with Crippen molar-refractivity contribution in [2.45, 2.75) is 105 Å². The van der Waals surface area contributed by atoms with Gasteiger partial charge in [0.2, 0.25) is 27.6 Å². The fraction of sp³-hybridized carbons (Fsp3) is 0.833. The first-order chi connectivity index (χ1) is 20.1. The molecule has 0 aromatic carbocycles. The summed E-state index contributed by atoms with van der Waals surface area (Å²) < 4.78 is 25.1. The predicted octanol–water partition coefficient (Wildman–Crippen LogP) is 1.22. The van der Waals surface area contributed by atoms with Crippen molar-refractivity contribution in [2.24, 2.45) is 34.8 Å². The quantitative estimate of drug-likeness (QED) is 0.205. The lowest BCUT2D eigenvalue weighted by Crippen LogP contribution is -2.62. The van der Waals surface area contributed by atoms with Gasteiger partial charge in [-0.2, -0.15) is 0 Å². The number of Topliss-reactive ketones (excluding diaryl/α,β-unsaturated/α-hetero) is 1. The van der Waals surface area contributed by atoms with E-state index in [0.29, 0.717) is 12.8 Å². The van der Waals surface area contributed by atoms with E-state index in [4.69, 9.17) is 5.73 Å². The molecule has 1 aliphatic heterocycles. The Labute approximate surface area is 262 Å². The molecule has 1 aliphatic carbocycles. The van der Waals surface area contributed by atoms with Gasteiger partial charge in [-0.1, -0.05) is 67.7 Å². The Morgan fingerprint density at radius 3 is 2.00 bits per heavy atom. The number of ketones is 1. The number of likely N-dealkylation sites (tertiary alicyclic amines) is 1. The van der Waals surface area contributed by atoms with Crippen LogP contribution in [0.1, 0.15) is 80.6 Å². The first-order valence-electron chi connectivity index (χ1n) is 15.6. The molecule has 1 saturated carbocycles. The third-order valence-corrected chi connectivity index (χ3v) is 10.3. The van der Waals surface area contributed by atoms with Gasteiger partial charge in [0.1, 0.15) is 12.1 Å². The van der Waals surface area contributed by atoms with Crippen LogP contribution in [0.3, 0.4) is 0 Å². The van der Waals surface area contributed by atoms with Crippen LogP contribution in [0, 0.1) is 29.1 Å². The van der Waals surface area contributed by atoms with Gasteiger partial charge in [-0.05, 0) is 41.9 Å². The number of hydrogen-bond donors (Lipinski definition) is 4. The third-order valence-electron chi connectivity index (χ3n) is 9.05. The Bertz CT molecular complexity index is 1180. The first kappa shape index (κ1) is 37.4. The van der Waals surface area contributed by atoms with Gasteiger partial charge in [0.05, 0.1) is 12.3 Å². The van der Waals surface area contributed by atoms with Crippen molar-refractivity contribution in [1.82, 2.24) is 25.2 Å². The van der Waals surface area contributed by atoms with Crippen LogP contribution in [0.25, 0.3) is 0 Å². The maximum absolute atomic E-state index is 14.2. The molecule has 14 heteroatoms. The summed E-state index contributed by atoms with van der Waals surface area (Å²) in [4.78, 5) is 67.2. The van der Waals surface area contributed by atoms with Gasteiger partial charge >= 0.3 is 6.03 Å². The molecule has 1 saturated heterocycles. The monoisotopic (exact) mass is 642 g/mol. The molecule has 5 atom stereocenters. The number of nitrogens with two attached hydrogens (primary N) is 1. The highest BCUT2D eigenvalue weighted by Crippen LogP contribution is 2.34. The number of urea groups is 1. The highest BCUT2D eigenvalue weighted by atomic mass is 32.2. The van der Waals surface area contributed by atoms with Crippen molar-refractivity contribution >= 4 is 39.6 Å². The van der Waals surface area contributed by atoms with Gasteiger partial charge < -0.3 is 26.6 Å². The zero-order chi connectivity index (χ0) is 33.7. The zero-order valence-corrected chi connectivity index (χ0v) is 28.6. The molecule has 1 unspecified atom stereocenters. The summed E-state index contributed by atoms with van der Waals surface area (Å²) in [5.41, 5.74) is 4.55. The molecular weight excluding hydrogens is 588 g/mol. The second-order valence-corrected chi connectivity index (χ2v) is 16.4. The minimum atomic E-state index is -3.47. The molecule has 5 amide bonds. The number of nitrogens with one attached hydrogen (secondary N) is 3. The van der Waals surface area contributed by atoms with E-state index in [1.165, 1.54) is 11.9 Å². The van der Waals surface area contributed by atoms with E-state index in [1.54, 1.807) is 20.8 Å². The summed E-state index contributed by atoms with van der Waals surface area (Å²) in [5.74, 6) is -3.00. The fourth-order valence-electron chi connectivity index (χ4n) is 5.81. The van der Waals surface area contributed by atoms with Crippen LogP contribution in [0.15, 0.2) is 0 Å². The number of carbonyl (C=O) groups excluding carboxylic acids is 5. The van der Waals surface area contributed by atoms with Crippen LogP contribution in [0.2, 0.25) is 0 Å². The average Bonchev–Trinajstić information content (AvgIpc) is 3.31. The molecule has 13 nitrogen and oxygen atoms in total. The lowest BCUT2D eigenvalue weighted by atomic mass is 9.80. The first-order valence-corrected chi connectivity index (χ1v) is 17.4. The maximum Gasteiger partial charge on any atom is 0.315 e. The Balaban J connectivity index is 2.31. The van der Waals surface area contributed by atoms with Gasteiger partial charge in [-0.25, -0.2) is 17.5 Å². The SMILES string of the molecule is CC(C)[C@H]1CCN(C(=O)[C@@H](NC(=O)N[C@H](CN(C)S(C)(=O)=O)C(C)C)C(C)(C)C)[C@@H]1C(=O)NC(CC1CCC1)C(=O)C(N)=O. The predicted molar refractivity (Wildman–Crippen MR) is 168 cm³/mol. The zero-order valence-electron chi connectivity index (χ0n) is 27.8. The Kier molecular flexibility index (Phi) is 12.8. The third kappa shape index (κ3) is 9.88. The number of hydrogen-bond acceptors (Lipinski definition) is 7. The number of primary amides is 1. The second-order valence-electron chi connectivity index (χ2n) is 14.3. The van der Waals surface area contributed by atoms with Crippen molar-refractivity contribution in [3.05, 3.63) is 0 Å². The van der Waals surface area contributed by atoms with E-state index in [2.05, 4.69) is 16.0 Å². The minimum Gasteiger partial charge on any atom is -0.363 e. The summed E-state index contributed by atoms with van der Waals surface area (Å²) in [6.07, 6.45) is 4.80. The normalized spacial score (nSPS) is 21.5. The molecule has 0 aromatic heterocycles. The van der Waals surface area contributed by atoms with Gasteiger partial charge in [-0.15, -0.1) is 0 Å². The average molecular weight is 643 g/mol. The van der Waals surface area contributed by atoms with E-state index in [9.17, 15) is 32.4 Å². The molecular formula is C30H54N6O7S. The number of carbonyl (C=O) groups is 5. The largest absolute Gasteiger partial charge is 0.363 e. The standard InChI is InChI=1S/C30H54N6O7S/c1-17(2)20-13-14-36(23(20)27(39)32-21(24(37)26(31)38)15-19-11-10-12-19)28(40)25(30(5,6)7)34-29(41)33-22(18(3)4)16-35(8)44(9,42)43/h17-23,25H,10-16H2,1-9H3,(H2,31,38)(H,32,39)(H2,33,34,41)/t20-,21?,22-,23+,25-/m1/s1. The van der Waals surface area contributed by atoms with Crippen molar-refractivity contribution in [3.8, 4) is 0 Å². The summed E-state index contributed by atoms with van der Waals surface area (Å²) >= 11 is 0. The molecule has 0 spiro atoms. The summed E-state index contributed by atoms with van der Waals surface area (Å²) in [7, 11) is -2.04. The van der Waals surface area contributed by atoms with Crippen LogP contribution in [0.4, 0.5) is 4.79 Å². The molecule has 1 heterocycles. The molecule has 252 valence electrons. The highest BCUT2D eigenvalue weighted by Gasteiger charge is 2.48. The Hall–Kier alpha value is -2.74. The van der Waals surface area contributed by atoms with E-state index >= 15 is 0 Å². The van der Waals surface area contributed by atoms with Gasteiger partial charge in [0.15, 0.2) is 0 Å². The van der Waals surface area contributed by atoms with Crippen LogP contribution in [-0.2, 0) is 29.2 Å².